The molecule has 8 heteroatoms. The van der Waals surface area contributed by atoms with Crippen LogP contribution in [0.25, 0.3) is 10.8 Å². The van der Waals surface area contributed by atoms with Crippen molar-refractivity contribution in [3.63, 3.8) is 0 Å². The SMILES string of the molecule is O=C(C1CC(CNS(=O)(=O)c2cccc3ccccc23)CN1)N1CCSC1. The predicted octanol–water partition coefficient (Wildman–Crippen LogP) is 1.63. The fourth-order valence-corrected chi connectivity index (χ4v) is 6.00. The van der Waals surface area contributed by atoms with Crippen molar-refractivity contribution in [1.82, 2.24) is 14.9 Å². The number of carbonyl (C=O) groups is 1. The van der Waals surface area contributed by atoms with E-state index in [1.54, 1.807) is 23.9 Å². The Morgan fingerprint density at radius 2 is 2.04 bits per heavy atom. The normalized spacial score (nSPS) is 23.2. The number of nitrogens with one attached hydrogen (secondary N) is 2. The highest BCUT2D eigenvalue weighted by Crippen LogP contribution is 2.24. The second-order valence-corrected chi connectivity index (χ2v) is 9.84. The smallest absolute Gasteiger partial charge is 0.241 e. The molecule has 2 heterocycles. The van der Waals surface area contributed by atoms with Crippen molar-refractivity contribution in [2.75, 3.05) is 31.3 Å². The van der Waals surface area contributed by atoms with E-state index in [0.29, 0.717) is 24.4 Å². The van der Waals surface area contributed by atoms with Gasteiger partial charge in [-0.2, -0.15) is 0 Å². The van der Waals surface area contributed by atoms with Gasteiger partial charge in [-0.05, 0) is 23.8 Å². The third-order valence-corrected chi connectivity index (χ3v) is 7.63. The summed E-state index contributed by atoms with van der Waals surface area (Å²) >= 11 is 1.77. The van der Waals surface area contributed by atoms with Gasteiger partial charge >= 0.3 is 0 Å². The molecular weight excluding hydrogens is 382 g/mol. The number of thioether (sulfide) groups is 1. The molecule has 2 atom stereocenters. The van der Waals surface area contributed by atoms with E-state index in [9.17, 15) is 13.2 Å². The summed E-state index contributed by atoms with van der Waals surface area (Å²) in [7, 11) is -3.60. The number of nitrogens with zero attached hydrogens (tertiary/aromatic N) is 1. The van der Waals surface area contributed by atoms with Gasteiger partial charge in [-0.15, -0.1) is 11.8 Å². The lowest BCUT2D eigenvalue weighted by Crippen LogP contribution is -2.42. The molecular formula is C19H23N3O3S2. The highest BCUT2D eigenvalue weighted by molar-refractivity contribution is 7.99. The highest BCUT2D eigenvalue weighted by Gasteiger charge is 2.33. The first-order chi connectivity index (χ1) is 13.0. The van der Waals surface area contributed by atoms with Crippen molar-refractivity contribution < 1.29 is 13.2 Å². The number of hydrogen-bond acceptors (Lipinski definition) is 5. The quantitative estimate of drug-likeness (QED) is 0.791. The van der Waals surface area contributed by atoms with Crippen LogP contribution in [0.4, 0.5) is 0 Å². The molecule has 2 aromatic carbocycles. The first kappa shape index (κ1) is 18.7. The molecule has 0 spiro atoms. The minimum absolute atomic E-state index is 0.110. The predicted molar refractivity (Wildman–Crippen MR) is 108 cm³/mol. The molecule has 0 aliphatic carbocycles. The van der Waals surface area contributed by atoms with Crippen molar-refractivity contribution >= 4 is 38.5 Å². The Kier molecular flexibility index (Phi) is 5.41. The molecule has 2 aromatic rings. The summed E-state index contributed by atoms with van der Waals surface area (Å²) in [5.74, 6) is 2.00. The summed E-state index contributed by atoms with van der Waals surface area (Å²) in [5.41, 5.74) is 0. The van der Waals surface area contributed by atoms with Crippen molar-refractivity contribution in [2.45, 2.75) is 17.4 Å². The molecule has 2 N–H and O–H groups in total. The molecule has 0 radical (unpaired) electrons. The Labute approximate surface area is 163 Å². The molecule has 2 fully saturated rings. The fraction of sp³-hybridized carbons (Fsp3) is 0.421. The summed E-state index contributed by atoms with van der Waals surface area (Å²) in [6.45, 7) is 1.78. The van der Waals surface area contributed by atoms with Gasteiger partial charge in [0.05, 0.1) is 16.8 Å². The van der Waals surface area contributed by atoms with Gasteiger partial charge in [-0.1, -0.05) is 36.4 Å². The zero-order valence-corrected chi connectivity index (χ0v) is 16.6. The monoisotopic (exact) mass is 405 g/mol. The Morgan fingerprint density at radius 3 is 2.85 bits per heavy atom. The lowest BCUT2D eigenvalue weighted by Gasteiger charge is -2.19. The van der Waals surface area contributed by atoms with Gasteiger partial charge < -0.3 is 10.2 Å². The second-order valence-electron chi connectivity index (χ2n) is 7.03. The highest BCUT2D eigenvalue weighted by atomic mass is 32.2. The number of hydrogen-bond donors (Lipinski definition) is 2. The van der Waals surface area contributed by atoms with Crippen LogP contribution in [0.3, 0.4) is 0 Å². The zero-order chi connectivity index (χ0) is 18.9. The van der Waals surface area contributed by atoms with Crippen molar-refractivity contribution in [1.29, 1.82) is 0 Å². The van der Waals surface area contributed by atoms with Crippen LogP contribution < -0.4 is 10.0 Å². The van der Waals surface area contributed by atoms with Gasteiger partial charge in [0.2, 0.25) is 15.9 Å². The lowest BCUT2D eigenvalue weighted by molar-refractivity contribution is -0.131. The Bertz CT molecular complexity index is 937. The van der Waals surface area contributed by atoms with E-state index in [2.05, 4.69) is 10.0 Å². The van der Waals surface area contributed by atoms with E-state index >= 15 is 0 Å². The van der Waals surface area contributed by atoms with Crippen LogP contribution in [-0.4, -0.2) is 56.5 Å². The Morgan fingerprint density at radius 1 is 1.22 bits per heavy atom. The van der Waals surface area contributed by atoms with E-state index < -0.39 is 10.0 Å². The van der Waals surface area contributed by atoms with E-state index in [1.165, 1.54) is 0 Å². The molecule has 0 saturated carbocycles. The van der Waals surface area contributed by atoms with Gasteiger partial charge in [0.25, 0.3) is 0 Å². The van der Waals surface area contributed by atoms with Crippen molar-refractivity contribution in [3.05, 3.63) is 42.5 Å². The summed E-state index contributed by atoms with van der Waals surface area (Å²) in [6.07, 6.45) is 0.665. The van der Waals surface area contributed by atoms with E-state index in [0.717, 1.165) is 28.9 Å². The van der Waals surface area contributed by atoms with E-state index in [4.69, 9.17) is 0 Å². The molecule has 2 unspecified atom stereocenters. The number of rotatable bonds is 5. The van der Waals surface area contributed by atoms with E-state index in [1.807, 2.05) is 35.2 Å². The number of benzene rings is 2. The second kappa shape index (κ2) is 7.79. The number of amides is 1. The molecule has 2 aliphatic heterocycles. The van der Waals surface area contributed by atoms with Gasteiger partial charge in [-0.3, -0.25) is 4.79 Å². The summed E-state index contributed by atoms with van der Waals surface area (Å²) in [4.78, 5) is 14.7. The number of sulfonamides is 1. The third kappa shape index (κ3) is 3.99. The van der Waals surface area contributed by atoms with Crippen LogP contribution in [0.15, 0.2) is 47.4 Å². The van der Waals surface area contributed by atoms with Crippen molar-refractivity contribution in [2.24, 2.45) is 5.92 Å². The largest absolute Gasteiger partial charge is 0.331 e. The van der Waals surface area contributed by atoms with E-state index in [-0.39, 0.29) is 17.9 Å². The third-order valence-electron chi connectivity index (χ3n) is 5.19. The molecule has 6 nitrogen and oxygen atoms in total. The standard InChI is InChI=1S/C19H23N3O3S2/c23-19(22-8-9-26-13-22)17-10-14(11-20-17)12-21-27(24,25)18-7-3-5-15-4-1-2-6-16(15)18/h1-7,14,17,20-21H,8-13H2. The zero-order valence-electron chi connectivity index (χ0n) is 14.9. The van der Waals surface area contributed by atoms with Crippen LogP contribution in [0, 0.1) is 5.92 Å². The maximum atomic E-state index is 12.8. The summed E-state index contributed by atoms with van der Waals surface area (Å²) in [5, 5.41) is 4.87. The fourth-order valence-electron chi connectivity index (χ4n) is 3.70. The minimum Gasteiger partial charge on any atom is -0.331 e. The molecule has 0 bridgehead atoms. The van der Waals surface area contributed by atoms with Crippen molar-refractivity contribution in [3.8, 4) is 0 Å². The lowest BCUT2D eigenvalue weighted by atomic mass is 10.1. The maximum Gasteiger partial charge on any atom is 0.241 e. The van der Waals surface area contributed by atoms with Crippen LogP contribution in [0.5, 0.6) is 0 Å². The Balaban J connectivity index is 1.40. The molecule has 0 aromatic heterocycles. The minimum atomic E-state index is -3.60. The summed E-state index contributed by atoms with van der Waals surface area (Å²) < 4.78 is 28.4. The van der Waals surface area contributed by atoms with Gasteiger partial charge in [0.1, 0.15) is 0 Å². The molecule has 144 valence electrons. The Hall–Kier alpha value is -1.61. The van der Waals surface area contributed by atoms with Crippen LogP contribution in [-0.2, 0) is 14.8 Å². The molecule has 2 saturated heterocycles. The van der Waals surface area contributed by atoms with Gasteiger partial charge in [0.15, 0.2) is 0 Å². The molecule has 2 aliphatic rings. The van der Waals surface area contributed by atoms with Crippen LogP contribution in [0.1, 0.15) is 6.42 Å². The summed E-state index contributed by atoms with van der Waals surface area (Å²) in [6, 6.07) is 12.6. The average Bonchev–Trinajstić information content (AvgIpc) is 3.37. The number of fused-ring (bicyclic) bond motifs is 1. The molecule has 27 heavy (non-hydrogen) atoms. The average molecular weight is 406 g/mol. The van der Waals surface area contributed by atoms with Crippen LogP contribution >= 0.6 is 11.8 Å². The molecule has 1 amide bonds. The molecule has 4 rings (SSSR count). The van der Waals surface area contributed by atoms with Gasteiger partial charge in [-0.25, -0.2) is 13.1 Å². The topological polar surface area (TPSA) is 78.5 Å². The van der Waals surface area contributed by atoms with Gasteiger partial charge in [0, 0.05) is 30.8 Å². The van der Waals surface area contributed by atoms with Crippen LogP contribution in [0.2, 0.25) is 0 Å². The maximum absolute atomic E-state index is 12.8. The number of carbonyl (C=O) groups excluding carboxylic acids is 1. The first-order valence-corrected chi connectivity index (χ1v) is 11.8. The first-order valence-electron chi connectivity index (χ1n) is 9.12.